The summed E-state index contributed by atoms with van der Waals surface area (Å²) in [6.07, 6.45) is 0.331. The molecule has 0 bridgehead atoms. The van der Waals surface area contributed by atoms with Crippen molar-refractivity contribution in [1.29, 1.82) is 0 Å². The van der Waals surface area contributed by atoms with Gasteiger partial charge in [0.15, 0.2) is 5.13 Å². The second-order valence-corrected chi connectivity index (χ2v) is 10.4. The Bertz CT molecular complexity index is 1290. The summed E-state index contributed by atoms with van der Waals surface area (Å²) in [7, 11) is 1.62. The molecule has 0 saturated carbocycles. The van der Waals surface area contributed by atoms with E-state index in [9.17, 15) is 4.79 Å². The zero-order valence-electron chi connectivity index (χ0n) is 20.8. The van der Waals surface area contributed by atoms with Crippen LogP contribution in [0, 0.1) is 0 Å². The van der Waals surface area contributed by atoms with E-state index in [0.29, 0.717) is 47.6 Å². The quantitative estimate of drug-likeness (QED) is 0.269. The number of anilines is 1. The molecule has 3 aromatic carbocycles. The van der Waals surface area contributed by atoms with Crippen LogP contribution in [-0.4, -0.2) is 62.3 Å². The topological polar surface area (TPSA) is 54.9 Å². The van der Waals surface area contributed by atoms with Crippen molar-refractivity contribution in [2.45, 2.75) is 12.3 Å². The first kappa shape index (κ1) is 25.7. The maximum atomic E-state index is 14.1. The number of hydrogen-bond acceptors (Lipinski definition) is 6. The van der Waals surface area contributed by atoms with Crippen molar-refractivity contribution >= 4 is 44.2 Å². The molecule has 1 saturated heterocycles. The van der Waals surface area contributed by atoms with E-state index < -0.39 is 0 Å². The molecule has 4 aromatic rings. The average molecular weight is 536 g/mol. The normalized spacial score (nSPS) is 14.2. The van der Waals surface area contributed by atoms with Crippen LogP contribution in [0.15, 0.2) is 72.8 Å². The number of rotatable bonds is 9. The molecule has 37 heavy (non-hydrogen) atoms. The zero-order valence-corrected chi connectivity index (χ0v) is 22.4. The van der Waals surface area contributed by atoms with Crippen LogP contribution in [0.25, 0.3) is 10.2 Å². The van der Waals surface area contributed by atoms with Gasteiger partial charge in [-0.25, -0.2) is 4.98 Å². The van der Waals surface area contributed by atoms with Gasteiger partial charge < -0.3 is 9.47 Å². The van der Waals surface area contributed by atoms with Gasteiger partial charge in [-0.3, -0.25) is 14.6 Å². The fourth-order valence-electron chi connectivity index (χ4n) is 4.70. The lowest BCUT2D eigenvalue weighted by Crippen LogP contribution is -2.43. The van der Waals surface area contributed by atoms with Crippen LogP contribution in [0.3, 0.4) is 0 Å². The van der Waals surface area contributed by atoms with Crippen molar-refractivity contribution in [3.63, 3.8) is 0 Å². The number of carbonyl (C=O) groups is 1. The van der Waals surface area contributed by atoms with E-state index >= 15 is 0 Å². The van der Waals surface area contributed by atoms with E-state index in [1.165, 1.54) is 11.3 Å². The maximum absolute atomic E-state index is 14.1. The minimum Gasteiger partial charge on any atom is -0.494 e. The highest BCUT2D eigenvalue weighted by molar-refractivity contribution is 7.23. The molecule has 0 N–H and O–H groups in total. The van der Waals surface area contributed by atoms with Gasteiger partial charge in [0.05, 0.1) is 30.0 Å². The second-order valence-electron chi connectivity index (χ2n) is 9.00. The predicted octanol–water partition coefficient (Wildman–Crippen LogP) is 5.85. The number of ether oxygens (including phenoxy) is 2. The lowest BCUT2D eigenvalue weighted by molar-refractivity contribution is -0.118. The molecule has 0 aliphatic carbocycles. The molecular formula is C29H30ClN3O3S. The molecule has 192 valence electrons. The van der Waals surface area contributed by atoms with Crippen molar-refractivity contribution in [2.75, 3.05) is 51.4 Å². The van der Waals surface area contributed by atoms with Gasteiger partial charge in [0.25, 0.3) is 0 Å². The molecule has 0 spiro atoms. The number of benzene rings is 3. The van der Waals surface area contributed by atoms with Crippen molar-refractivity contribution in [2.24, 2.45) is 0 Å². The third kappa shape index (κ3) is 5.96. The fourth-order valence-corrected chi connectivity index (χ4v) is 6.00. The van der Waals surface area contributed by atoms with Crippen LogP contribution in [0.5, 0.6) is 5.75 Å². The molecule has 1 aromatic heterocycles. The van der Waals surface area contributed by atoms with Gasteiger partial charge in [-0.15, -0.1) is 0 Å². The molecule has 2 heterocycles. The number of thiazole rings is 1. The largest absolute Gasteiger partial charge is 0.494 e. The van der Waals surface area contributed by atoms with E-state index in [-0.39, 0.29) is 11.8 Å². The minimum absolute atomic E-state index is 0.0279. The molecule has 0 radical (unpaired) electrons. The molecule has 1 aliphatic rings. The Morgan fingerprint density at radius 1 is 1.05 bits per heavy atom. The van der Waals surface area contributed by atoms with Crippen LogP contribution in [0.2, 0.25) is 5.02 Å². The smallest absolute Gasteiger partial charge is 0.229 e. The maximum Gasteiger partial charge on any atom is 0.229 e. The molecule has 8 heteroatoms. The molecule has 6 nitrogen and oxygen atoms in total. The number of fused-ring (bicyclic) bond motifs is 1. The summed E-state index contributed by atoms with van der Waals surface area (Å²) in [5.41, 5.74) is 2.91. The first-order chi connectivity index (χ1) is 18.1. The Hall–Kier alpha value is -2.97. The molecule has 0 unspecified atom stereocenters. The molecular weight excluding hydrogens is 506 g/mol. The minimum atomic E-state index is -0.0618. The Kier molecular flexibility index (Phi) is 8.36. The van der Waals surface area contributed by atoms with Gasteiger partial charge in [-0.05, 0) is 23.3 Å². The number of methoxy groups -OCH3 is 1. The van der Waals surface area contributed by atoms with E-state index in [0.717, 1.165) is 35.5 Å². The molecule has 0 atom stereocenters. The van der Waals surface area contributed by atoms with Crippen LogP contribution in [0.1, 0.15) is 23.5 Å². The van der Waals surface area contributed by atoms with Crippen molar-refractivity contribution in [3.05, 3.63) is 88.9 Å². The van der Waals surface area contributed by atoms with Crippen LogP contribution >= 0.6 is 22.9 Å². The summed E-state index contributed by atoms with van der Waals surface area (Å²) in [5, 5.41) is 1.24. The Morgan fingerprint density at radius 3 is 2.32 bits per heavy atom. The lowest BCUT2D eigenvalue weighted by atomic mass is 9.88. The highest BCUT2D eigenvalue weighted by Crippen LogP contribution is 2.39. The summed E-state index contributed by atoms with van der Waals surface area (Å²) in [6.45, 7) is 4.43. The van der Waals surface area contributed by atoms with Crippen LogP contribution in [-0.2, 0) is 9.53 Å². The molecule has 1 aliphatic heterocycles. The number of hydrogen-bond donors (Lipinski definition) is 0. The van der Waals surface area contributed by atoms with Crippen LogP contribution in [0.4, 0.5) is 5.13 Å². The van der Waals surface area contributed by atoms with Gasteiger partial charge in [0.2, 0.25) is 5.91 Å². The molecule has 1 amide bonds. The number of amides is 1. The van der Waals surface area contributed by atoms with E-state index in [4.69, 9.17) is 26.1 Å². The molecule has 1 fully saturated rings. The van der Waals surface area contributed by atoms with Gasteiger partial charge in [-0.1, -0.05) is 83.6 Å². The standard InChI is InChI=1S/C29H30ClN3O3S/c1-35-25-13-12-24(30)28-27(25)31-29(37-28)33(15-14-32-16-18-36-19-17-32)26(34)20-23(21-8-4-2-5-9-21)22-10-6-3-7-11-22/h2-13,23H,14-20H2,1H3. The molecule has 5 rings (SSSR count). The summed E-state index contributed by atoms with van der Waals surface area (Å²) in [4.78, 5) is 23.1. The monoisotopic (exact) mass is 535 g/mol. The summed E-state index contributed by atoms with van der Waals surface area (Å²) >= 11 is 7.95. The predicted molar refractivity (Wildman–Crippen MR) is 150 cm³/mol. The summed E-state index contributed by atoms with van der Waals surface area (Å²) in [6, 6.07) is 24.1. The van der Waals surface area contributed by atoms with Gasteiger partial charge in [0.1, 0.15) is 11.3 Å². The number of morpholine rings is 1. The number of nitrogens with zero attached hydrogens (tertiary/aromatic N) is 3. The first-order valence-electron chi connectivity index (χ1n) is 12.5. The highest BCUT2D eigenvalue weighted by Gasteiger charge is 2.27. The first-order valence-corrected chi connectivity index (χ1v) is 13.7. The van der Waals surface area contributed by atoms with E-state index in [2.05, 4.69) is 29.2 Å². The van der Waals surface area contributed by atoms with Gasteiger partial charge in [-0.2, -0.15) is 0 Å². The zero-order chi connectivity index (χ0) is 25.6. The van der Waals surface area contributed by atoms with E-state index in [1.54, 1.807) is 7.11 Å². The van der Waals surface area contributed by atoms with Crippen molar-refractivity contribution in [1.82, 2.24) is 9.88 Å². The summed E-state index contributed by atoms with van der Waals surface area (Å²) in [5.74, 6) is 0.613. The van der Waals surface area contributed by atoms with Crippen LogP contribution < -0.4 is 9.64 Å². The fraction of sp³-hybridized carbons (Fsp3) is 0.310. The number of halogens is 1. The average Bonchev–Trinajstić information content (AvgIpc) is 3.40. The second kappa shape index (κ2) is 12.0. The Balaban J connectivity index is 1.48. The van der Waals surface area contributed by atoms with Crippen molar-refractivity contribution in [3.8, 4) is 5.75 Å². The number of carbonyl (C=O) groups excluding carboxylic acids is 1. The SMILES string of the molecule is COc1ccc(Cl)c2sc(N(CCN3CCOCC3)C(=O)CC(c3ccccc3)c3ccccc3)nc12. The van der Waals surface area contributed by atoms with E-state index in [1.807, 2.05) is 53.4 Å². The summed E-state index contributed by atoms with van der Waals surface area (Å²) < 4.78 is 11.9. The third-order valence-electron chi connectivity index (χ3n) is 6.73. The Morgan fingerprint density at radius 2 is 1.70 bits per heavy atom. The third-order valence-corrected chi connectivity index (χ3v) is 8.26. The van der Waals surface area contributed by atoms with Gasteiger partial charge in [0, 0.05) is 38.5 Å². The number of aromatic nitrogens is 1. The highest BCUT2D eigenvalue weighted by atomic mass is 35.5. The van der Waals surface area contributed by atoms with Crippen molar-refractivity contribution < 1.29 is 14.3 Å². The van der Waals surface area contributed by atoms with Gasteiger partial charge >= 0.3 is 0 Å². The lowest BCUT2D eigenvalue weighted by Gasteiger charge is -2.30. The Labute approximate surface area is 226 Å².